The lowest BCUT2D eigenvalue weighted by atomic mass is 10.1. The van der Waals surface area contributed by atoms with Gasteiger partial charge in [-0.25, -0.2) is 0 Å². The number of thioether (sulfide) groups is 1. The monoisotopic (exact) mass is 342 g/mol. The Morgan fingerprint density at radius 2 is 1.75 bits per heavy atom. The van der Waals surface area contributed by atoms with Crippen molar-refractivity contribution in [2.24, 2.45) is 0 Å². The van der Waals surface area contributed by atoms with E-state index < -0.39 is 0 Å². The number of hydrogen-bond acceptors (Lipinski definition) is 3. The molecule has 0 unspecified atom stereocenters. The zero-order valence-corrected chi connectivity index (χ0v) is 15.2. The molecule has 2 aromatic carbocycles. The molecule has 0 saturated heterocycles. The predicted molar refractivity (Wildman–Crippen MR) is 98.6 cm³/mol. The molecule has 2 aromatic rings. The van der Waals surface area contributed by atoms with Crippen LogP contribution in [0.25, 0.3) is 0 Å². The zero-order chi connectivity index (χ0) is 17.7. The van der Waals surface area contributed by atoms with Gasteiger partial charge in [-0.15, -0.1) is 11.8 Å². The van der Waals surface area contributed by atoms with Crippen LogP contribution in [0.15, 0.2) is 47.4 Å². The van der Waals surface area contributed by atoms with Crippen LogP contribution >= 0.6 is 11.8 Å². The Labute approximate surface area is 147 Å². The Balaban J connectivity index is 2.03. The van der Waals surface area contributed by atoms with Gasteiger partial charge in [0.2, 0.25) is 0 Å². The molecule has 5 heteroatoms. The fourth-order valence-corrected chi connectivity index (χ4v) is 2.71. The third-order valence-corrected chi connectivity index (χ3v) is 4.47. The highest BCUT2D eigenvalue weighted by Crippen LogP contribution is 2.19. The van der Waals surface area contributed by atoms with Crippen LogP contribution in [0.2, 0.25) is 0 Å². The van der Waals surface area contributed by atoms with Gasteiger partial charge in [0.05, 0.1) is 0 Å². The summed E-state index contributed by atoms with van der Waals surface area (Å²) in [6.07, 6.45) is 1.99. The molecule has 2 rings (SSSR count). The number of amides is 2. The highest BCUT2D eigenvalue weighted by atomic mass is 32.2. The second-order valence-electron chi connectivity index (χ2n) is 5.76. The van der Waals surface area contributed by atoms with Gasteiger partial charge >= 0.3 is 0 Å². The van der Waals surface area contributed by atoms with Gasteiger partial charge < -0.3 is 10.2 Å². The van der Waals surface area contributed by atoms with Gasteiger partial charge in [-0.1, -0.05) is 18.2 Å². The second kappa shape index (κ2) is 8.02. The van der Waals surface area contributed by atoms with Crippen molar-refractivity contribution in [2.45, 2.75) is 18.4 Å². The van der Waals surface area contributed by atoms with Crippen LogP contribution in [-0.4, -0.2) is 37.1 Å². The number of carbonyl (C=O) groups excluding carboxylic acids is 2. The van der Waals surface area contributed by atoms with E-state index in [2.05, 4.69) is 5.32 Å². The maximum Gasteiger partial charge on any atom is 0.253 e. The summed E-state index contributed by atoms with van der Waals surface area (Å²) in [5.41, 5.74) is 3.24. The smallest absolute Gasteiger partial charge is 0.253 e. The summed E-state index contributed by atoms with van der Waals surface area (Å²) >= 11 is 1.61. The Bertz CT molecular complexity index is 740. The molecule has 2 amide bonds. The van der Waals surface area contributed by atoms with E-state index in [0.29, 0.717) is 17.7 Å². The van der Waals surface area contributed by atoms with E-state index in [-0.39, 0.29) is 11.8 Å². The van der Waals surface area contributed by atoms with Gasteiger partial charge in [-0.05, 0) is 48.6 Å². The fourth-order valence-electron chi connectivity index (χ4n) is 2.27. The molecule has 0 aliphatic heterocycles. The molecule has 4 nitrogen and oxygen atoms in total. The molecule has 126 valence electrons. The Hall–Kier alpha value is -2.27. The summed E-state index contributed by atoms with van der Waals surface area (Å²) in [7, 11) is 3.45. The first-order chi connectivity index (χ1) is 11.4. The molecule has 0 aliphatic rings. The van der Waals surface area contributed by atoms with Gasteiger partial charge in [-0.3, -0.25) is 9.59 Å². The maximum absolute atomic E-state index is 12.4. The van der Waals surface area contributed by atoms with Gasteiger partial charge in [0, 0.05) is 36.7 Å². The number of nitrogens with one attached hydrogen (secondary N) is 1. The summed E-state index contributed by atoms with van der Waals surface area (Å²) in [4.78, 5) is 26.9. The lowest BCUT2D eigenvalue weighted by molar-refractivity contribution is 0.0827. The number of rotatable bonds is 5. The van der Waals surface area contributed by atoms with E-state index in [1.165, 1.54) is 4.90 Å². The molecule has 1 N–H and O–H groups in total. The fraction of sp³-hybridized carbons (Fsp3) is 0.263. The number of carbonyl (C=O) groups is 2. The SMILES string of the molecule is CSc1ccc(C)c(C(=O)NCc2ccc(C(=O)N(C)C)cc2)c1. The minimum Gasteiger partial charge on any atom is -0.348 e. The first-order valence-electron chi connectivity index (χ1n) is 7.66. The van der Waals surface area contributed by atoms with Gasteiger partial charge in [0.25, 0.3) is 11.8 Å². The zero-order valence-electron chi connectivity index (χ0n) is 14.4. The van der Waals surface area contributed by atoms with E-state index in [9.17, 15) is 9.59 Å². The Morgan fingerprint density at radius 1 is 1.08 bits per heavy atom. The van der Waals surface area contributed by atoms with Gasteiger partial charge in [0.15, 0.2) is 0 Å². The van der Waals surface area contributed by atoms with E-state index >= 15 is 0 Å². The van der Waals surface area contributed by atoms with Crippen LogP contribution in [0.5, 0.6) is 0 Å². The number of benzene rings is 2. The number of hydrogen-bond donors (Lipinski definition) is 1. The normalized spacial score (nSPS) is 10.3. The first kappa shape index (κ1) is 18.1. The first-order valence-corrected chi connectivity index (χ1v) is 8.88. The minimum atomic E-state index is -0.0863. The molecule has 0 atom stereocenters. The second-order valence-corrected chi connectivity index (χ2v) is 6.64. The summed E-state index contributed by atoms with van der Waals surface area (Å²) in [5.74, 6) is -0.119. The minimum absolute atomic E-state index is 0.0323. The molecule has 0 saturated carbocycles. The van der Waals surface area contributed by atoms with E-state index in [1.807, 2.05) is 43.5 Å². The summed E-state index contributed by atoms with van der Waals surface area (Å²) in [5, 5.41) is 2.94. The third-order valence-electron chi connectivity index (χ3n) is 3.75. The highest BCUT2D eigenvalue weighted by Gasteiger charge is 2.10. The molecule has 0 bridgehead atoms. The topological polar surface area (TPSA) is 49.4 Å². The number of aryl methyl sites for hydroxylation is 1. The standard InChI is InChI=1S/C19H22N2O2S/c1-13-5-10-16(24-4)11-17(13)18(22)20-12-14-6-8-15(9-7-14)19(23)21(2)3/h5-11H,12H2,1-4H3,(H,20,22). The van der Waals surface area contributed by atoms with E-state index in [4.69, 9.17) is 0 Å². The summed E-state index contributed by atoms with van der Waals surface area (Å²) in [6.45, 7) is 2.36. The van der Waals surface area contributed by atoms with E-state index in [0.717, 1.165) is 16.0 Å². The molecule has 0 heterocycles. The van der Waals surface area contributed by atoms with Crippen LogP contribution in [-0.2, 0) is 6.54 Å². The van der Waals surface area contributed by atoms with Crippen molar-refractivity contribution in [3.63, 3.8) is 0 Å². The van der Waals surface area contributed by atoms with Gasteiger partial charge in [-0.2, -0.15) is 0 Å². The summed E-state index contributed by atoms with van der Waals surface area (Å²) < 4.78 is 0. The Morgan fingerprint density at radius 3 is 2.33 bits per heavy atom. The molecule has 0 aliphatic carbocycles. The van der Waals surface area contributed by atoms with Crippen LogP contribution < -0.4 is 5.32 Å². The largest absolute Gasteiger partial charge is 0.348 e. The number of nitrogens with zero attached hydrogens (tertiary/aromatic N) is 1. The molecular weight excluding hydrogens is 320 g/mol. The lowest BCUT2D eigenvalue weighted by Gasteiger charge is -2.11. The molecule has 24 heavy (non-hydrogen) atoms. The van der Waals surface area contributed by atoms with Crippen molar-refractivity contribution in [1.29, 1.82) is 0 Å². The maximum atomic E-state index is 12.4. The average Bonchev–Trinajstić information content (AvgIpc) is 2.59. The molecule has 0 radical (unpaired) electrons. The summed E-state index contributed by atoms with van der Waals surface area (Å²) in [6, 6.07) is 13.2. The molecule has 0 spiro atoms. The van der Waals surface area contributed by atoms with Crippen molar-refractivity contribution in [3.05, 3.63) is 64.7 Å². The molecule has 0 aromatic heterocycles. The average molecular weight is 342 g/mol. The van der Waals surface area contributed by atoms with Crippen LogP contribution in [0.1, 0.15) is 31.8 Å². The van der Waals surface area contributed by atoms with Crippen molar-refractivity contribution < 1.29 is 9.59 Å². The highest BCUT2D eigenvalue weighted by molar-refractivity contribution is 7.98. The van der Waals surface area contributed by atoms with E-state index in [1.54, 1.807) is 38.0 Å². The van der Waals surface area contributed by atoms with Crippen LogP contribution in [0.3, 0.4) is 0 Å². The Kier molecular flexibility index (Phi) is 6.04. The third kappa shape index (κ3) is 4.38. The van der Waals surface area contributed by atoms with Crippen molar-refractivity contribution in [1.82, 2.24) is 10.2 Å². The lowest BCUT2D eigenvalue weighted by Crippen LogP contribution is -2.24. The molecule has 0 fully saturated rings. The van der Waals surface area contributed by atoms with Crippen LogP contribution in [0.4, 0.5) is 0 Å². The van der Waals surface area contributed by atoms with Crippen molar-refractivity contribution in [2.75, 3.05) is 20.4 Å². The van der Waals surface area contributed by atoms with Crippen molar-refractivity contribution >= 4 is 23.6 Å². The predicted octanol–water partition coefficient (Wildman–Crippen LogP) is 3.35. The van der Waals surface area contributed by atoms with Gasteiger partial charge in [0.1, 0.15) is 0 Å². The molecular formula is C19H22N2O2S. The quantitative estimate of drug-likeness (QED) is 0.848. The van der Waals surface area contributed by atoms with Crippen LogP contribution in [0, 0.1) is 6.92 Å². The van der Waals surface area contributed by atoms with Crippen molar-refractivity contribution in [3.8, 4) is 0 Å².